The van der Waals surface area contributed by atoms with Gasteiger partial charge in [-0.25, -0.2) is 4.68 Å². The summed E-state index contributed by atoms with van der Waals surface area (Å²) in [5, 5.41) is 5.64. The Hall–Kier alpha value is -3.06. The molecule has 0 aliphatic carbocycles. The van der Waals surface area contributed by atoms with Crippen LogP contribution in [-0.4, -0.2) is 56.1 Å². The Morgan fingerprint density at radius 1 is 0.967 bits per heavy atom. The molecule has 0 bridgehead atoms. The smallest absolute Gasteiger partial charge is 0.274 e. The summed E-state index contributed by atoms with van der Waals surface area (Å²) in [6.07, 6.45) is 3.51. The maximum absolute atomic E-state index is 12.8. The van der Waals surface area contributed by atoms with Gasteiger partial charge in [0, 0.05) is 18.5 Å². The van der Waals surface area contributed by atoms with E-state index in [0.717, 1.165) is 37.1 Å². The molecule has 3 aromatic rings. The van der Waals surface area contributed by atoms with Gasteiger partial charge in [-0.2, -0.15) is 5.10 Å². The normalized spacial score (nSPS) is 11.1. The molecule has 0 amide bonds. The number of ether oxygens (including phenoxy) is 3. The average molecular weight is 412 g/mol. The van der Waals surface area contributed by atoms with E-state index in [-0.39, 0.29) is 5.56 Å². The summed E-state index contributed by atoms with van der Waals surface area (Å²) in [6.45, 7) is 2.40. The topological polar surface area (TPSA) is 65.8 Å². The highest BCUT2D eigenvalue weighted by molar-refractivity contribution is 5.84. The van der Waals surface area contributed by atoms with Gasteiger partial charge in [0.25, 0.3) is 5.56 Å². The van der Waals surface area contributed by atoms with Crippen molar-refractivity contribution >= 4 is 10.8 Å². The molecule has 1 heterocycles. The molecule has 0 spiro atoms. The largest absolute Gasteiger partial charge is 0.497 e. The molecule has 7 nitrogen and oxygen atoms in total. The van der Waals surface area contributed by atoms with Crippen LogP contribution in [0.4, 0.5) is 0 Å². The first-order chi connectivity index (χ1) is 14.5. The van der Waals surface area contributed by atoms with Gasteiger partial charge in [0.2, 0.25) is 0 Å². The van der Waals surface area contributed by atoms with Crippen LogP contribution in [0.5, 0.6) is 17.2 Å². The molecular weight excluding hydrogens is 382 g/mol. The summed E-state index contributed by atoms with van der Waals surface area (Å²) in [7, 11) is 6.90. The SMILES string of the molecule is COc1ccc(CCN(C)CCCn2ncc3cc(OC)c(OC)cc3c2=O)cc1. The summed E-state index contributed by atoms with van der Waals surface area (Å²) in [4.78, 5) is 15.1. The zero-order valence-electron chi connectivity index (χ0n) is 18.1. The van der Waals surface area contributed by atoms with Crippen molar-refractivity contribution in [2.45, 2.75) is 19.4 Å². The fourth-order valence-electron chi connectivity index (χ4n) is 3.38. The van der Waals surface area contributed by atoms with Gasteiger partial charge in [-0.3, -0.25) is 4.79 Å². The lowest BCUT2D eigenvalue weighted by Crippen LogP contribution is -2.27. The Kier molecular flexibility index (Phi) is 7.30. The third-order valence-electron chi connectivity index (χ3n) is 5.21. The third-order valence-corrected chi connectivity index (χ3v) is 5.21. The Morgan fingerprint density at radius 2 is 1.67 bits per heavy atom. The molecule has 1 aromatic heterocycles. The maximum Gasteiger partial charge on any atom is 0.274 e. The van der Waals surface area contributed by atoms with Crippen LogP contribution in [0.15, 0.2) is 47.4 Å². The first-order valence-electron chi connectivity index (χ1n) is 9.99. The van der Waals surface area contributed by atoms with E-state index in [1.807, 2.05) is 12.1 Å². The Bertz CT molecular complexity index is 1030. The highest BCUT2D eigenvalue weighted by atomic mass is 16.5. The lowest BCUT2D eigenvalue weighted by molar-refractivity contribution is 0.320. The van der Waals surface area contributed by atoms with Crippen molar-refractivity contribution in [1.82, 2.24) is 14.7 Å². The van der Waals surface area contributed by atoms with Crippen molar-refractivity contribution in [3.63, 3.8) is 0 Å². The minimum absolute atomic E-state index is 0.116. The Labute approximate surface area is 176 Å². The van der Waals surface area contributed by atoms with E-state index in [2.05, 4.69) is 29.2 Å². The summed E-state index contributed by atoms with van der Waals surface area (Å²) >= 11 is 0. The van der Waals surface area contributed by atoms with Crippen molar-refractivity contribution in [2.75, 3.05) is 41.5 Å². The van der Waals surface area contributed by atoms with Crippen molar-refractivity contribution in [1.29, 1.82) is 0 Å². The van der Waals surface area contributed by atoms with E-state index in [9.17, 15) is 4.79 Å². The number of rotatable bonds is 10. The Morgan fingerprint density at radius 3 is 2.33 bits per heavy atom. The number of fused-ring (bicyclic) bond motifs is 1. The fourth-order valence-corrected chi connectivity index (χ4v) is 3.38. The number of benzene rings is 2. The molecule has 0 saturated carbocycles. The van der Waals surface area contributed by atoms with Gasteiger partial charge in [-0.05, 0) is 56.3 Å². The van der Waals surface area contributed by atoms with Gasteiger partial charge in [-0.1, -0.05) is 12.1 Å². The highest BCUT2D eigenvalue weighted by Gasteiger charge is 2.11. The highest BCUT2D eigenvalue weighted by Crippen LogP contribution is 2.30. The molecule has 0 radical (unpaired) electrons. The van der Waals surface area contributed by atoms with E-state index in [4.69, 9.17) is 14.2 Å². The van der Waals surface area contributed by atoms with Crippen molar-refractivity contribution in [3.05, 3.63) is 58.5 Å². The van der Waals surface area contributed by atoms with Crippen LogP contribution < -0.4 is 19.8 Å². The van der Waals surface area contributed by atoms with Crippen LogP contribution in [-0.2, 0) is 13.0 Å². The predicted octanol–water partition coefficient (Wildman–Crippen LogP) is 2.99. The molecule has 0 aliphatic rings. The maximum atomic E-state index is 12.8. The van der Waals surface area contributed by atoms with Gasteiger partial charge in [-0.15, -0.1) is 0 Å². The summed E-state index contributed by atoms with van der Waals surface area (Å²) in [6, 6.07) is 11.6. The summed E-state index contributed by atoms with van der Waals surface area (Å²) in [5.41, 5.74) is 1.16. The van der Waals surface area contributed by atoms with Crippen LogP contribution in [0.1, 0.15) is 12.0 Å². The summed E-state index contributed by atoms with van der Waals surface area (Å²) < 4.78 is 17.3. The molecule has 160 valence electrons. The molecule has 30 heavy (non-hydrogen) atoms. The van der Waals surface area contributed by atoms with Gasteiger partial charge in [0.05, 0.1) is 32.9 Å². The zero-order valence-corrected chi connectivity index (χ0v) is 18.1. The van der Waals surface area contributed by atoms with E-state index in [0.29, 0.717) is 23.4 Å². The number of methoxy groups -OCH3 is 3. The van der Waals surface area contributed by atoms with Crippen LogP contribution in [0.2, 0.25) is 0 Å². The molecule has 0 N–H and O–H groups in total. The van der Waals surface area contributed by atoms with Gasteiger partial charge < -0.3 is 19.1 Å². The second-order valence-electron chi connectivity index (χ2n) is 7.22. The molecular formula is C23H29N3O4. The van der Waals surface area contributed by atoms with Crippen molar-refractivity contribution in [2.24, 2.45) is 0 Å². The lowest BCUT2D eigenvalue weighted by Gasteiger charge is -2.17. The van der Waals surface area contributed by atoms with Crippen LogP contribution in [0, 0.1) is 0 Å². The molecule has 0 saturated heterocycles. The second-order valence-corrected chi connectivity index (χ2v) is 7.22. The number of aromatic nitrogens is 2. The van der Waals surface area contributed by atoms with Crippen LogP contribution in [0.25, 0.3) is 10.8 Å². The van der Waals surface area contributed by atoms with Gasteiger partial charge in [0.1, 0.15) is 5.75 Å². The zero-order chi connectivity index (χ0) is 21.5. The van der Waals surface area contributed by atoms with Crippen LogP contribution in [0.3, 0.4) is 0 Å². The molecule has 0 unspecified atom stereocenters. The minimum Gasteiger partial charge on any atom is -0.497 e. The molecule has 3 rings (SSSR count). The monoisotopic (exact) mass is 411 g/mol. The van der Waals surface area contributed by atoms with Gasteiger partial charge in [0.15, 0.2) is 11.5 Å². The second kappa shape index (κ2) is 10.1. The van der Waals surface area contributed by atoms with Crippen molar-refractivity contribution in [3.8, 4) is 17.2 Å². The summed E-state index contributed by atoms with van der Waals surface area (Å²) in [5.74, 6) is 2.00. The molecule has 0 fully saturated rings. The number of nitrogens with zero attached hydrogens (tertiary/aromatic N) is 3. The minimum atomic E-state index is -0.116. The molecule has 2 aromatic carbocycles. The first kappa shape index (κ1) is 21.6. The number of hydrogen-bond donors (Lipinski definition) is 0. The third kappa shape index (κ3) is 5.10. The van der Waals surface area contributed by atoms with Crippen LogP contribution >= 0.6 is 0 Å². The molecule has 0 atom stereocenters. The quantitative estimate of drug-likeness (QED) is 0.511. The average Bonchev–Trinajstić information content (AvgIpc) is 2.78. The fraction of sp³-hybridized carbons (Fsp3) is 0.391. The predicted molar refractivity (Wildman–Crippen MR) is 118 cm³/mol. The van der Waals surface area contributed by atoms with E-state index in [1.165, 1.54) is 10.2 Å². The number of hydrogen-bond acceptors (Lipinski definition) is 6. The number of likely N-dealkylation sites (N-methyl/N-ethyl adjacent to an activating group) is 1. The van der Waals surface area contributed by atoms with Crippen molar-refractivity contribution < 1.29 is 14.2 Å². The molecule has 7 heteroatoms. The van der Waals surface area contributed by atoms with E-state index < -0.39 is 0 Å². The van der Waals surface area contributed by atoms with E-state index >= 15 is 0 Å². The standard InChI is InChI=1S/C23H29N3O4/c1-25(13-10-17-6-8-19(28-2)9-7-17)11-5-12-26-23(27)20-15-22(30-4)21(29-3)14-18(20)16-24-26/h6-9,14-16H,5,10-13H2,1-4H3. The first-order valence-corrected chi connectivity index (χ1v) is 9.99. The molecule has 0 aliphatic heterocycles. The Balaban J connectivity index is 1.57. The number of aryl methyl sites for hydroxylation is 1. The lowest BCUT2D eigenvalue weighted by atomic mass is 10.1. The van der Waals surface area contributed by atoms with Gasteiger partial charge >= 0.3 is 0 Å². The van der Waals surface area contributed by atoms with E-state index in [1.54, 1.807) is 39.7 Å².